The molecule has 1 heterocycles. The Bertz CT molecular complexity index is 157. The smallest absolute Gasteiger partial charge is 0.0932 e. The number of rotatable bonds is 4. The maximum atomic E-state index is 5.85. The van der Waals surface area contributed by atoms with Crippen molar-refractivity contribution in [1.82, 2.24) is 5.32 Å². The molecule has 14 heavy (non-hydrogen) atoms. The zero-order valence-electron chi connectivity index (χ0n) is 9.64. The van der Waals surface area contributed by atoms with Crippen LogP contribution in [-0.4, -0.2) is 39.5 Å². The van der Waals surface area contributed by atoms with Crippen LogP contribution in [0.25, 0.3) is 0 Å². The predicted octanol–water partition coefficient (Wildman–Crippen LogP) is 1.43. The van der Waals surface area contributed by atoms with Crippen molar-refractivity contribution in [1.29, 1.82) is 0 Å². The van der Waals surface area contributed by atoms with Crippen LogP contribution in [0.5, 0.6) is 0 Å². The molecule has 1 rings (SSSR count). The molecule has 1 N–H and O–H groups in total. The van der Waals surface area contributed by atoms with Gasteiger partial charge in [0.1, 0.15) is 0 Å². The number of hydrogen-bond acceptors (Lipinski definition) is 3. The van der Waals surface area contributed by atoms with Gasteiger partial charge in [-0.05, 0) is 12.8 Å². The summed E-state index contributed by atoms with van der Waals surface area (Å²) in [4.78, 5) is 0. The molecule has 1 saturated heterocycles. The van der Waals surface area contributed by atoms with Gasteiger partial charge in [-0.25, -0.2) is 0 Å². The SMILES string of the molecule is CCC1(CC)CNCC(COC)OC1. The summed E-state index contributed by atoms with van der Waals surface area (Å²) in [5.41, 5.74) is 0.336. The Hall–Kier alpha value is -0.120. The number of nitrogens with one attached hydrogen (secondary N) is 1. The molecule has 0 aromatic rings. The van der Waals surface area contributed by atoms with E-state index in [2.05, 4.69) is 19.2 Å². The molecule has 0 aliphatic carbocycles. The fourth-order valence-corrected chi connectivity index (χ4v) is 1.90. The van der Waals surface area contributed by atoms with Crippen LogP contribution in [0.4, 0.5) is 0 Å². The summed E-state index contributed by atoms with van der Waals surface area (Å²) >= 11 is 0. The summed E-state index contributed by atoms with van der Waals surface area (Å²) in [7, 11) is 1.72. The zero-order valence-corrected chi connectivity index (χ0v) is 9.64. The average Bonchev–Trinajstić information content (AvgIpc) is 2.42. The molecule has 1 fully saturated rings. The second kappa shape index (κ2) is 5.69. The van der Waals surface area contributed by atoms with Crippen molar-refractivity contribution in [2.45, 2.75) is 32.8 Å². The first-order valence-electron chi connectivity index (χ1n) is 5.57. The molecule has 0 aromatic heterocycles. The molecular formula is C11H23NO2. The third kappa shape index (κ3) is 2.94. The average molecular weight is 201 g/mol. The van der Waals surface area contributed by atoms with Crippen LogP contribution in [-0.2, 0) is 9.47 Å². The molecule has 0 spiro atoms. The van der Waals surface area contributed by atoms with Gasteiger partial charge in [0.05, 0.1) is 19.3 Å². The Labute approximate surface area is 87.2 Å². The molecule has 0 amide bonds. The minimum Gasteiger partial charge on any atom is -0.382 e. The third-order valence-electron chi connectivity index (χ3n) is 3.35. The van der Waals surface area contributed by atoms with E-state index < -0.39 is 0 Å². The van der Waals surface area contributed by atoms with Gasteiger partial charge < -0.3 is 14.8 Å². The fourth-order valence-electron chi connectivity index (χ4n) is 1.90. The van der Waals surface area contributed by atoms with Crippen molar-refractivity contribution < 1.29 is 9.47 Å². The van der Waals surface area contributed by atoms with Crippen molar-refractivity contribution in [3.05, 3.63) is 0 Å². The lowest BCUT2D eigenvalue weighted by Crippen LogP contribution is -2.34. The molecule has 0 bridgehead atoms. The first-order valence-corrected chi connectivity index (χ1v) is 5.57. The molecule has 84 valence electrons. The van der Waals surface area contributed by atoms with E-state index in [0.29, 0.717) is 12.0 Å². The lowest BCUT2D eigenvalue weighted by Gasteiger charge is -2.29. The predicted molar refractivity (Wildman–Crippen MR) is 57.5 cm³/mol. The number of hydrogen-bond donors (Lipinski definition) is 1. The zero-order chi connectivity index (χ0) is 10.4. The molecule has 0 saturated carbocycles. The van der Waals surface area contributed by atoms with E-state index >= 15 is 0 Å². The van der Waals surface area contributed by atoms with Crippen LogP contribution < -0.4 is 5.32 Å². The molecule has 1 aliphatic rings. The van der Waals surface area contributed by atoms with Gasteiger partial charge in [0.25, 0.3) is 0 Å². The van der Waals surface area contributed by atoms with E-state index in [1.165, 1.54) is 12.8 Å². The Morgan fingerprint density at radius 1 is 1.43 bits per heavy atom. The summed E-state index contributed by atoms with van der Waals surface area (Å²) in [5, 5.41) is 3.47. The second-order valence-corrected chi connectivity index (χ2v) is 4.23. The maximum absolute atomic E-state index is 5.85. The van der Waals surface area contributed by atoms with Crippen molar-refractivity contribution in [2.24, 2.45) is 5.41 Å². The van der Waals surface area contributed by atoms with Gasteiger partial charge in [-0.3, -0.25) is 0 Å². The monoisotopic (exact) mass is 201 g/mol. The van der Waals surface area contributed by atoms with Gasteiger partial charge in [0, 0.05) is 25.6 Å². The topological polar surface area (TPSA) is 30.5 Å². The van der Waals surface area contributed by atoms with Gasteiger partial charge in [-0.2, -0.15) is 0 Å². The van der Waals surface area contributed by atoms with Gasteiger partial charge in [0.2, 0.25) is 0 Å². The van der Waals surface area contributed by atoms with Gasteiger partial charge in [-0.1, -0.05) is 13.8 Å². The van der Waals surface area contributed by atoms with Crippen LogP contribution in [0.15, 0.2) is 0 Å². The van der Waals surface area contributed by atoms with Crippen LogP contribution >= 0.6 is 0 Å². The quantitative estimate of drug-likeness (QED) is 0.746. The Balaban J connectivity index is 2.46. The second-order valence-electron chi connectivity index (χ2n) is 4.23. The number of methoxy groups -OCH3 is 1. The molecular weight excluding hydrogens is 178 g/mol. The lowest BCUT2D eigenvalue weighted by molar-refractivity contribution is -0.0244. The van der Waals surface area contributed by atoms with Gasteiger partial charge in [-0.15, -0.1) is 0 Å². The van der Waals surface area contributed by atoms with Crippen LogP contribution in [0.2, 0.25) is 0 Å². The lowest BCUT2D eigenvalue weighted by atomic mass is 9.83. The largest absolute Gasteiger partial charge is 0.382 e. The van der Waals surface area contributed by atoms with Crippen molar-refractivity contribution >= 4 is 0 Å². The fraction of sp³-hybridized carbons (Fsp3) is 1.00. The molecule has 3 nitrogen and oxygen atoms in total. The Morgan fingerprint density at radius 2 is 2.14 bits per heavy atom. The van der Waals surface area contributed by atoms with E-state index in [9.17, 15) is 0 Å². The van der Waals surface area contributed by atoms with E-state index in [0.717, 1.165) is 19.7 Å². The third-order valence-corrected chi connectivity index (χ3v) is 3.35. The summed E-state index contributed by atoms with van der Waals surface area (Å²) < 4.78 is 11.0. The molecule has 0 radical (unpaired) electrons. The van der Waals surface area contributed by atoms with E-state index in [1.807, 2.05) is 0 Å². The molecule has 3 heteroatoms. The van der Waals surface area contributed by atoms with E-state index in [4.69, 9.17) is 9.47 Å². The highest BCUT2D eigenvalue weighted by Crippen LogP contribution is 2.27. The summed E-state index contributed by atoms with van der Waals surface area (Å²) in [6.07, 6.45) is 2.58. The van der Waals surface area contributed by atoms with Gasteiger partial charge in [0.15, 0.2) is 0 Å². The first kappa shape index (κ1) is 12.0. The highest BCUT2D eigenvalue weighted by Gasteiger charge is 2.30. The highest BCUT2D eigenvalue weighted by atomic mass is 16.5. The highest BCUT2D eigenvalue weighted by molar-refractivity contribution is 4.83. The first-order chi connectivity index (χ1) is 6.76. The van der Waals surface area contributed by atoms with Crippen molar-refractivity contribution in [3.8, 4) is 0 Å². The Kier molecular flexibility index (Phi) is 4.85. The molecule has 1 atom stereocenters. The molecule has 1 aliphatic heterocycles. The summed E-state index contributed by atoms with van der Waals surface area (Å²) in [5.74, 6) is 0. The molecule has 1 unspecified atom stereocenters. The Morgan fingerprint density at radius 3 is 2.71 bits per heavy atom. The summed E-state index contributed by atoms with van der Waals surface area (Å²) in [6.45, 7) is 8.02. The van der Waals surface area contributed by atoms with Crippen molar-refractivity contribution in [3.63, 3.8) is 0 Å². The van der Waals surface area contributed by atoms with Crippen LogP contribution in [0.1, 0.15) is 26.7 Å². The molecule has 0 aromatic carbocycles. The van der Waals surface area contributed by atoms with Gasteiger partial charge >= 0.3 is 0 Å². The van der Waals surface area contributed by atoms with E-state index in [-0.39, 0.29) is 6.10 Å². The summed E-state index contributed by atoms with van der Waals surface area (Å²) in [6, 6.07) is 0. The normalized spacial score (nSPS) is 27.2. The van der Waals surface area contributed by atoms with Crippen molar-refractivity contribution in [2.75, 3.05) is 33.4 Å². The minimum absolute atomic E-state index is 0.222. The van der Waals surface area contributed by atoms with Crippen LogP contribution in [0.3, 0.4) is 0 Å². The van der Waals surface area contributed by atoms with E-state index in [1.54, 1.807) is 7.11 Å². The minimum atomic E-state index is 0.222. The maximum Gasteiger partial charge on any atom is 0.0932 e. The standard InChI is InChI=1S/C11H23NO2/c1-4-11(5-2)8-12-6-10(7-13-3)14-9-11/h10,12H,4-9H2,1-3H3. The van der Waals surface area contributed by atoms with Crippen LogP contribution in [0, 0.1) is 5.41 Å². The number of ether oxygens (including phenoxy) is 2.